The molecule has 0 saturated carbocycles. The van der Waals surface area contributed by atoms with Gasteiger partial charge in [0.15, 0.2) is 0 Å². The number of nitriles is 1. The molecule has 2 fully saturated rings. The molecule has 184 valence electrons. The minimum Gasteiger partial charge on any atom is -0.370 e. The number of benzene rings is 1. The second kappa shape index (κ2) is 7.87. The zero-order chi connectivity index (χ0) is 25.5. The zero-order valence-electron chi connectivity index (χ0n) is 19.3. The number of nitrogens with two attached hydrogens (primary N) is 1. The van der Waals surface area contributed by atoms with Crippen LogP contribution < -0.4 is 21.3 Å². The monoisotopic (exact) mass is 523 g/mol. The van der Waals surface area contributed by atoms with E-state index in [1.807, 2.05) is 0 Å². The topological polar surface area (TPSA) is 145 Å². The highest BCUT2D eigenvalue weighted by atomic mass is 35.5. The Balaban J connectivity index is 1.53. The van der Waals surface area contributed by atoms with Gasteiger partial charge >= 0.3 is 0 Å². The number of nitrogens with one attached hydrogen (secondary N) is 2. The molecular formula is C25H22ClN5O4S. The summed E-state index contributed by atoms with van der Waals surface area (Å²) in [5, 5.41) is 16.7. The van der Waals surface area contributed by atoms with E-state index in [1.165, 1.54) is 11.3 Å². The molecule has 36 heavy (non-hydrogen) atoms. The molecule has 2 saturated heterocycles. The number of rotatable bonds is 3. The summed E-state index contributed by atoms with van der Waals surface area (Å²) in [6.45, 7) is 1.76. The van der Waals surface area contributed by atoms with E-state index in [2.05, 4.69) is 16.7 Å². The number of hydrogen-bond acceptors (Lipinski definition) is 7. The fourth-order valence-corrected chi connectivity index (χ4v) is 7.91. The first-order valence-electron chi connectivity index (χ1n) is 11.8. The van der Waals surface area contributed by atoms with E-state index < -0.39 is 47.0 Å². The van der Waals surface area contributed by atoms with Crippen molar-refractivity contribution in [2.75, 3.05) is 10.2 Å². The van der Waals surface area contributed by atoms with Gasteiger partial charge in [0.25, 0.3) is 0 Å². The minimum absolute atomic E-state index is 0.225. The Bertz CT molecular complexity index is 1440. The highest BCUT2D eigenvalue weighted by Crippen LogP contribution is 2.56. The van der Waals surface area contributed by atoms with Crippen molar-refractivity contribution >= 4 is 57.3 Å². The van der Waals surface area contributed by atoms with E-state index in [0.29, 0.717) is 32.4 Å². The molecule has 4 heterocycles. The molecule has 1 aromatic heterocycles. The van der Waals surface area contributed by atoms with Crippen molar-refractivity contribution in [1.29, 1.82) is 5.26 Å². The summed E-state index contributed by atoms with van der Waals surface area (Å²) in [7, 11) is 0. The molecular weight excluding hydrogens is 502 g/mol. The Labute approximate surface area is 215 Å². The lowest BCUT2D eigenvalue weighted by Gasteiger charge is -2.29. The molecule has 1 spiro atoms. The SMILES string of the molecule is Cc1c(Cl)ccc2c1NC(=O)C21NC(CC(N)=O)C2C(=O)N(c3sc4c(c3C#N)CCCC4)C(=O)C21. The lowest BCUT2D eigenvalue weighted by Crippen LogP contribution is -2.53. The lowest BCUT2D eigenvalue weighted by molar-refractivity contribution is -0.130. The lowest BCUT2D eigenvalue weighted by atomic mass is 9.76. The van der Waals surface area contributed by atoms with Gasteiger partial charge < -0.3 is 11.1 Å². The fourth-order valence-electron chi connectivity index (χ4n) is 6.41. The van der Waals surface area contributed by atoms with Crippen LogP contribution in [0, 0.1) is 30.1 Å². The molecule has 6 rings (SSSR count). The molecule has 1 aromatic carbocycles. The van der Waals surface area contributed by atoms with E-state index in [1.54, 1.807) is 19.1 Å². The average molecular weight is 524 g/mol. The molecule has 11 heteroatoms. The number of aryl methyl sites for hydroxylation is 1. The van der Waals surface area contributed by atoms with Gasteiger partial charge in [-0.15, -0.1) is 11.3 Å². The number of fused-ring (bicyclic) bond motifs is 5. The van der Waals surface area contributed by atoms with Crippen molar-refractivity contribution in [2.24, 2.45) is 17.6 Å². The summed E-state index contributed by atoms with van der Waals surface area (Å²) < 4.78 is 0. The summed E-state index contributed by atoms with van der Waals surface area (Å²) in [4.78, 5) is 55.7. The van der Waals surface area contributed by atoms with Crippen LogP contribution in [0.2, 0.25) is 5.02 Å². The Hall–Kier alpha value is -3.26. The van der Waals surface area contributed by atoms with E-state index >= 15 is 0 Å². The quantitative estimate of drug-likeness (QED) is 0.526. The van der Waals surface area contributed by atoms with Crippen LogP contribution in [-0.4, -0.2) is 29.7 Å². The smallest absolute Gasteiger partial charge is 0.250 e. The maximum absolute atomic E-state index is 14.1. The van der Waals surface area contributed by atoms with Crippen LogP contribution in [-0.2, 0) is 37.6 Å². The third-order valence-corrected chi connectivity index (χ3v) is 9.66. The van der Waals surface area contributed by atoms with Crippen LogP contribution in [0.15, 0.2) is 12.1 Å². The Kier molecular flexibility index (Phi) is 5.06. The van der Waals surface area contributed by atoms with Crippen molar-refractivity contribution in [2.45, 2.75) is 50.6 Å². The molecule has 4 N–H and O–H groups in total. The van der Waals surface area contributed by atoms with E-state index in [9.17, 15) is 24.4 Å². The van der Waals surface area contributed by atoms with Crippen LogP contribution in [0.3, 0.4) is 0 Å². The number of imide groups is 1. The maximum Gasteiger partial charge on any atom is 0.250 e. The molecule has 4 amide bonds. The van der Waals surface area contributed by atoms with Gasteiger partial charge in [-0.05, 0) is 49.8 Å². The molecule has 0 bridgehead atoms. The van der Waals surface area contributed by atoms with Crippen molar-refractivity contribution in [3.05, 3.63) is 44.3 Å². The molecule has 1 aliphatic carbocycles. The predicted molar refractivity (Wildman–Crippen MR) is 132 cm³/mol. The standard InChI is InChI=1S/C25H22ClN5O4S/c1-10-14(26)7-6-13-20(10)29-24(35)25(13)19-18(15(30-25)8-17(28)32)21(33)31(22(19)34)23-12(9-27)11-4-2-3-5-16(11)36-23/h6-7,15,18-19,30H,2-5,8H2,1H3,(H2,28,32)(H,29,35). The molecule has 4 aliphatic rings. The van der Waals surface area contributed by atoms with Gasteiger partial charge in [0.05, 0.1) is 23.1 Å². The predicted octanol–water partition coefficient (Wildman–Crippen LogP) is 2.26. The van der Waals surface area contributed by atoms with Gasteiger partial charge in [0.2, 0.25) is 23.6 Å². The second-order valence-electron chi connectivity index (χ2n) is 9.80. The number of carbonyl (C=O) groups excluding carboxylic acids is 4. The van der Waals surface area contributed by atoms with Gasteiger partial charge in [-0.3, -0.25) is 24.5 Å². The molecule has 4 unspecified atom stereocenters. The minimum atomic E-state index is -1.57. The van der Waals surface area contributed by atoms with Crippen molar-refractivity contribution in [3.8, 4) is 6.07 Å². The van der Waals surface area contributed by atoms with E-state index in [4.69, 9.17) is 17.3 Å². The summed E-state index contributed by atoms with van der Waals surface area (Å²) >= 11 is 7.59. The first-order valence-corrected chi connectivity index (χ1v) is 13.0. The molecule has 0 radical (unpaired) electrons. The summed E-state index contributed by atoms with van der Waals surface area (Å²) in [5.74, 6) is -4.33. The summed E-state index contributed by atoms with van der Waals surface area (Å²) in [6.07, 6.45) is 3.22. The zero-order valence-corrected chi connectivity index (χ0v) is 20.9. The largest absolute Gasteiger partial charge is 0.370 e. The van der Waals surface area contributed by atoms with Crippen molar-refractivity contribution < 1.29 is 19.2 Å². The third kappa shape index (κ3) is 2.85. The summed E-state index contributed by atoms with van der Waals surface area (Å²) in [6, 6.07) is 4.70. The molecule has 4 atom stereocenters. The average Bonchev–Trinajstić information content (AvgIpc) is 3.52. The van der Waals surface area contributed by atoms with Gasteiger partial charge in [-0.2, -0.15) is 5.26 Å². The van der Waals surface area contributed by atoms with Crippen molar-refractivity contribution in [3.63, 3.8) is 0 Å². The first kappa shape index (κ1) is 23.2. The number of nitrogens with zero attached hydrogens (tertiary/aromatic N) is 2. The van der Waals surface area contributed by atoms with E-state index in [-0.39, 0.29) is 6.42 Å². The van der Waals surface area contributed by atoms with Crippen LogP contribution in [0.5, 0.6) is 0 Å². The highest BCUT2D eigenvalue weighted by molar-refractivity contribution is 7.17. The summed E-state index contributed by atoms with van der Waals surface area (Å²) in [5.41, 5.74) is 6.82. The highest BCUT2D eigenvalue weighted by Gasteiger charge is 2.71. The third-order valence-electron chi connectivity index (χ3n) is 7.97. The van der Waals surface area contributed by atoms with Crippen LogP contribution in [0.4, 0.5) is 10.7 Å². The number of halogens is 1. The van der Waals surface area contributed by atoms with Crippen LogP contribution >= 0.6 is 22.9 Å². The molecule has 9 nitrogen and oxygen atoms in total. The van der Waals surface area contributed by atoms with Crippen molar-refractivity contribution in [1.82, 2.24) is 5.32 Å². The second-order valence-corrected chi connectivity index (χ2v) is 11.3. The number of hydrogen-bond donors (Lipinski definition) is 3. The maximum atomic E-state index is 14.1. The number of primary amides is 1. The number of amides is 4. The van der Waals surface area contributed by atoms with Crippen LogP contribution in [0.1, 0.15) is 46.4 Å². The number of carbonyl (C=O) groups is 4. The number of anilines is 2. The Morgan fingerprint density at radius 2 is 2.03 bits per heavy atom. The van der Waals surface area contributed by atoms with E-state index in [0.717, 1.165) is 41.0 Å². The fraction of sp³-hybridized carbons (Fsp3) is 0.400. The Morgan fingerprint density at radius 3 is 2.75 bits per heavy atom. The van der Waals surface area contributed by atoms with Gasteiger partial charge in [0.1, 0.15) is 16.6 Å². The Morgan fingerprint density at radius 1 is 1.28 bits per heavy atom. The van der Waals surface area contributed by atoms with Crippen LogP contribution in [0.25, 0.3) is 0 Å². The van der Waals surface area contributed by atoms with Gasteiger partial charge in [0, 0.05) is 27.9 Å². The normalized spacial score (nSPS) is 28.2. The van der Waals surface area contributed by atoms with Gasteiger partial charge in [-0.25, -0.2) is 4.90 Å². The molecule has 2 aromatic rings. The van der Waals surface area contributed by atoms with Gasteiger partial charge in [-0.1, -0.05) is 17.7 Å². The first-order chi connectivity index (χ1) is 17.2. The number of thiophene rings is 1. The molecule has 3 aliphatic heterocycles.